The highest BCUT2D eigenvalue weighted by molar-refractivity contribution is 7.89. The molecule has 1 amide bonds. The van der Waals surface area contributed by atoms with Crippen LogP contribution in [0.4, 0.5) is 0 Å². The minimum atomic E-state index is -3.34. The largest absolute Gasteiger partial charge is 0.459 e. The molecule has 1 aromatic heterocycles. The number of furan rings is 1. The van der Waals surface area contributed by atoms with Crippen LogP contribution in [-0.4, -0.2) is 55.5 Å². The number of hydrogen-bond donors (Lipinski definition) is 0. The number of amides is 1. The van der Waals surface area contributed by atoms with Crippen LogP contribution >= 0.6 is 0 Å². The number of rotatable bonds is 5. The first-order chi connectivity index (χ1) is 12.1. The predicted octanol–water partition coefficient (Wildman–Crippen LogP) is 2.00. The number of nitrogens with zero attached hydrogens (tertiary/aromatic N) is 2. The topological polar surface area (TPSA) is 70.8 Å². The molecule has 0 radical (unpaired) electrons. The van der Waals surface area contributed by atoms with Gasteiger partial charge in [0.05, 0.1) is 12.0 Å². The molecule has 2 aromatic rings. The van der Waals surface area contributed by atoms with Gasteiger partial charge in [0.2, 0.25) is 10.0 Å². The average Bonchev–Trinajstić information content (AvgIpc) is 3.04. The van der Waals surface area contributed by atoms with Crippen LogP contribution in [0.25, 0.3) is 0 Å². The smallest absolute Gasteiger partial charge is 0.289 e. The Bertz CT molecular complexity index is 788. The SMILES string of the molecule is O=C(c1ccco1)N1CCCN(S(=O)(=O)CCc2ccccc2)CC1. The molecule has 1 aliphatic rings. The first-order valence-electron chi connectivity index (χ1n) is 8.41. The predicted molar refractivity (Wildman–Crippen MR) is 94.7 cm³/mol. The van der Waals surface area contributed by atoms with Crippen molar-refractivity contribution in [3.05, 3.63) is 60.1 Å². The zero-order valence-electron chi connectivity index (χ0n) is 14.0. The van der Waals surface area contributed by atoms with Crippen LogP contribution in [0.5, 0.6) is 0 Å². The van der Waals surface area contributed by atoms with Crippen molar-refractivity contribution in [3.8, 4) is 0 Å². The van der Waals surface area contributed by atoms with E-state index in [0.29, 0.717) is 44.8 Å². The van der Waals surface area contributed by atoms with Gasteiger partial charge in [-0.05, 0) is 30.5 Å². The molecule has 0 N–H and O–H groups in total. The molecule has 0 unspecified atom stereocenters. The molecule has 25 heavy (non-hydrogen) atoms. The number of carbonyl (C=O) groups is 1. The van der Waals surface area contributed by atoms with E-state index in [1.807, 2.05) is 30.3 Å². The summed E-state index contributed by atoms with van der Waals surface area (Å²) in [6.07, 6.45) is 2.58. The van der Waals surface area contributed by atoms with Gasteiger partial charge in [0.15, 0.2) is 5.76 Å². The molecule has 7 heteroatoms. The lowest BCUT2D eigenvalue weighted by Gasteiger charge is -2.21. The van der Waals surface area contributed by atoms with Crippen molar-refractivity contribution in [2.75, 3.05) is 31.9 Å². The van der Waals surface area contributed by atoms with Crippen LogP contribution in [0.3, 0.4) is 0 Å². The van der Waals surface area contributed by atoms with Crippen molar-refractivity contribution >= 4 is 15.9 Å². The second kappa shape index (κ2) is 7.84. The van der Waals surface area contributed by atoms with Gasteiger partial charge in [0, 0.05) is 26.2 Å². The van der Waals surface area contributed by atoms with Gasteiger partial charge in [-0.15, -0.1) is 0 Å². The lowest BCUT2D eigenvalue weighted by Crippen LogP contribution is -2.38. The molecule has 1 fully saturated rings. The fourth-order valence-corrected chi connectivity index (χ4v) is 4.47. The minimum absolute atomic E-state index is 0.0865. The molecule has 0 saturated carbocycles. The third kappa shape index (κ3) is 4.49. The van der Waals surface area contributed by atoms with E-state index in [4.69, 9.17) is 4.42 Å². The number of carbonyl (C=O) groups excluding carboxylic acids is 1. The first-order valence-corrected chi connectivity index (χ1v) is 10.0. The molecule has 0 bridgehead atoms. The zero-order valence-corrected chi connectivity index (χ0v) is 14.8. The van der Waals surface area contributed by atoms with E-state index in [-0.39, 0.29) is 11.7 Å². The van der Waals surface area contributed by atoms with Crippen LogP contribution in [-0.2, 0) is 16.4 Å². The standard InChI is InChI=1S/C18H22N2O4S/c21-18(17-8-4-14-24-17)19-10-5-11-20(13-12-19)25(22,23)15-9-16-6-2-1-3-7-16/h1-4,6-8,14H,5,9-13,15H2. The number of aryl methyl sites for hydroxylation is 1. The van der Waals surface area contributed by atoms with E-state index in [1.165, 1.54) is 10.6 Å². The highest BCUT2D eigenvalue weighted by Gasteiger charge is 2.27. The Balaban J connectivity index is 1.59. The molecule has 0 atom stereocenters. The second-order valence-corrected chi connectivity index (χ2v) is 8.16. The summed E-state index contributed by atoms with van der Waals surface area (Å²) in [5, 5.41) is 0. The fourth-order valence-electron chi connectivity index (χ4n) is 2.95. The summed E-state index contributed by atoms with van der Waals surface area (Å²) in [6, 6.07) is 12.9. The fraction of sp³-hybridized carbons (Fsp3) is 0.389. The zero-order chi connectivity index (χ0) is 17.7. The van der Waals surface area contributed by atoms with Crippen LogP contribution in [0.2, 0.25) is 0 Å². The van der Waals surface area contributed by atoms with Gasteiger partial charge >= 0.3 is 0 Å². The number of hydrogen-bond acceptors (Lipinski definition) is 4. The van der Waals surface area contributed by atoms with Gasteiger partial charge < -0.3 is 9.32 Å². The van der Waals surface area contributed by atoms with Crippen molar-refractivity contribution < 1.29 is 17.6 Å². The molecule has 1 aromatic carbocycles. The van der Waals surface area contributed by atoms with E-state index in [2.05, 4.69) is 0 Å². The summed E-state index contributed by atoms with van der Waals surface area (Å²) in [5.41, 5.74) is 1.01. The van der Waals surface area contributed by atoms with Gasteiger partial charge in [-0.3, -0.25) is 4.79 Å². The van der Waals surface area contributed by atoms with E-state index >= 15 is 0 Å². The molecule has 1 aliphatic heterocycles. The summed E-state index contributed by atoms with van der Waals surface area (Å²) in [6.45, 7) is 1.68. The van der Waals surface area contributed by atoms with Crippen molar-refractivity contribution in [2.45, 2.75) is 12.8 Å². The normalized spacial score (nSPS) is 16.6. The van der Waals surface area contributed by atoms with Crippen LogP contribution < -0.4 is 0 Å². The molecular weight excluding hydrogens is 340 g/mol. The summed E-state index contributed by atoms with van der Waals surface area (Å²) >= 11 is 0. The molecule has 2 heterocycles. The van der Waals surface area contributed by atoms with Crippen LogP contribution in [0, 0.1) is 0 Å². The Morgan fingerprint density at radius 1 is 1.00 bits per heavy atom. The minimum Gasteiger partial charge on any atom is -0.459 e. The molecule has 0 aliphatic carbocycles. The number of benzene rings is 1. The Kier molecular flexibility index (Phi) is 5.55. The quantitative estimate of drug-likeness (QED) is 0.816. The summed E-state index contributed by atoms with van der Waals surface area (Å²) in [7, 11) is -3.34. The number of sulfonamides is 1. The molecule has 0 spiro atoms. The Morgan fingerprint density at radius 3 is 2.52 bits per heavy atom. The maximum absolute atomic E-state index is 12.6. The van der Waals surface area contributed by atoms with Crippen LogP contribution in [0.15, 0.2) is 53.1 Å². The van der Waals surface area contributed by atoms with E-state index < -0.39 is 10.0 Å². The van der Waals surface area contributed by atoms with Crippen molar-refractivity contribution in [1.29, 1.82) is 0 Å². The monoisotopic (exact) mass is 362 g/mol. The second-order valence-electron chi connectivity index (χ2n) is 6.07. The van der Waals surface area contributed by atoms with Gasteiger partial charge in [0.25, 0.3) is 5.91 Å². The van der Waals surface area contributed by atoms with Crippen molar-refractivity contribution in [1.82, 2.24) is 9.21 Å². The highest BCUT2D eigenvalue weighted by atomic mass is 32.2. The Hall–Kier alpha value is -2.12. The summed E-state index contributed by atoms with van der Waals surface area (Å²) < 4.78 is 31.9. The maximum Gasteiger partial charge on any atom is 0.289 e. The van der Waals surface area contributed by atoms with Crippen molar-refractivity contribution in [3.63, 3.8) is 0 Å². The first kappa shape index (κ1) is 17.7. The molecule has 6 nitrogen and oxygen atoms in total. The maximum atomic E-state index is 12.6. The third-order valence-electron chi connectivity index (χ3n) is 4.36. The van der Waals surface area contributed by atoms with E-state index in [9.17, 15) is 13.2 Å². The molecule has 3 rings (SSSR count). The molecular formula is C18H22N2O4S. The molecule has 1 saturated heterocycles. The Morgan fingerprint density at radius 2 is 1.80 bits per heavy atom. The third-order valence-corrected chi connectivity index (χ3v) is 6.23. The Labute approximate surface area is 148 Å². The van der Waals surface area contributed by atoms with Gasteiger partial charge in [-0.2, -0.15) is 0 Å². The lowest BCUT2D eigenvalue weighted by atomic mass is 10.2. The average molecular weight is 362 g/mol. The van der Waals surface area contributed by atoms with E-state index in [0.717, 1.165) is 5.56 Å². The van der Waals surface area contributed by atoms with E-state index in [1.54, 1.807) is 17.0 Å². The van der Waals surface area contributed by atoms with Crippen LogP contribution in [0.1, 0.15) is 22.5 Å². The van der Waals surface area contributed by atoms with Crippen molar-refractivity contribution in [2.24, 2.45) is 0 Å². The van der Waals surface area contributed by atoms with Gasteiger partial charge in [-0.1, -0.05) is 30.3 Å². The lowest BCUT2D eigenvalue weighted by molar-refractivity contribution is 0.0732. The highest BCUT2D eigenvalue weighted by Crippen LogP contribution is 2.13. The summed E-state index contributed by atoms with van der Waals surface area (Å²) in [5.74, 6) is 0.192. The van der Waals surface area contributed by atoms with Gasteiger partial charge in [-0.25, -0.2) is 12.7 Å². The molecule has 134 valence electrons. The summed E-state index contributed by atoms with van der Waals surface area (Å²) in [4.78, 5) is 14.0. The van der Waals surface area contributed by atoms with Gasteiger partial charge in [0.1, 0.15) is 0 Å².